The lowest BCUT2D eigenvalue weighted by atomic mass is 10.2. The Morgan fingerprint density at radius 3 is 2.15 bits per heavy atom. The molecule has 0 saturated carbocycles. The Labute approximate surface area is 121 Å². The number of aliphatic hydroxyl groups excluding tert-OH is 1. The molecule has 0 amide bonds. The maximum absolute atomic E-state index is 7.57. The van der Waals surface area contributed by atoms with Gasteiger partial charge in [0.1, 0.15) is 5.75 Å². The van der Waals surface area contributed by atoms with E-state index in [1.165, 1.54) is 5.69 Å². The number of hydrogen-bond acceptors (Lipinski definition) is 3. The van der Waals surface area contributed by atoms with Crippen LogP contribution in [0.5, 0.6) is 5.75 Å². The Morgan fingerprint density at radius 1 is 1.10 bits per heavy atom. The van der Waals surface area contributed by atoms with Gasteiger partial charge in [-0.2, -0.15) is 5.10 Å². The Morgan fingerprint density at radius 2 is 1.70 bits per heavy atom. The highest BCUT2D eigenvalue weighted by Gasteiger charge is 2.07. The summed E-state index contributed by atoms with van der Waals surface area (Å²) < 4.78 is 7.17. The Balaban J connectivity index is 0.000000612. The predicted molar refractivity (Wildman–Crippen MR) is 81.6 cm³/mol. The highest BCUT2D eigenvalue weighted by atomic mass is 16.5. The molecule has 1 heterocycles. The molecular formula is C16H24N2O2. The summed E-state index contributed by atoms with van der Waals surface area (Å²) in [5.41, 5.74) is 3.46. The first-order chi connectivity index (χ1) is 9.69. The lowest BCUT2D eigenvalue weighted by Crippen LogP contribution is -2.01. The third-order valence-corrected chi connectivity index (χ3v) is 2.88. The van der Waals surface area contributed by atoms with Crippen molar-refractivity contribution in [1.29, 1.82) is 0 Å². The minimum Gasteiger partial charge on any atom is -0.497 e. The predicted octanol–water partition coefficient (Wildman–Crippen LogP) is 3.00. The minimum absolute atomic E-state index is 0.250. The third-order valence-electron chi connectivity index (χ3n) is 2.88. The first-order valence-electron chi connectivity index (χ1n) is 7.03. The van der Waals surface area contributed by atoms with Crippen molar-refractivity contribution in [3.63, 3.8) is 0 Å². The zero-order valence-corrected chi connectivity index (χ0v) is 12.8. The van der Waals surface area contributed by atoms with E-state index in [9.17, 15) is 0 Å². The van der Waals surface area contributed by atoms with E-state index in [2.05, 4.69) is 25.0 Å². The molecule has 0 unspecified atom stereocenters. The van der Waals surface area contributed by atoms with E-state index >= 15 is 0 Å². The normalized spacial score (nSPS) is 9.85. The van der Waals surface area contributed by atoms with E-state index in [0.29, 0.717) is 0 Å². The highest BCUT2D eigenvalue weighted by Crippen LogP contribution is 2.17. The van der Waals surface area contributed by atoms with Crippen LogP contribution in [0.25, 0.3) is 5.69 Å². The molecular weight excluding hydrogens is 252 g/mol. The maximum atomic E-state index is 7.57. The van der Waals surface area contributed by atoms with Crippen LogP contribution in [-0.2, 0) is 12.8 Å². The molecule has 0 aliphatic carbocycles. The fourth-order valence-electron chi connectivity index (χ4n) is 1.85. The average molecular weight is 276 g/mol. The molecule has 2 rings (SSSR count). The zero-order chi connectivity index (χ0) is 15.0. The number of ether oxygens (including phenoxy) is 1. The summed E-state index contributed by atoms with van der Waals surface area (Å²) in [4.78, 5) is 0. The number of aliphatic hydroxyl groups is 1. The number of methoxy groups -OCH3 is 1. The van der Waals surface area contributed by atoms with Crippen molar-refractivity contribution in [3.8, 4) is 11.4 Å². The lowest BCUT2D eigenvalue weighted by molar-refractivity contribution is 0.318. The standard InChI is InChI=1S/C14H18N2O.C2H6O/c1-4-11-10-12(5-2)16(15-11)13-6-8-14(17-3)9-7-13;1-2-3/h6-10H,4-5H2,1-3H3;3H,2H2,1H3. The van der Waals surface area contributed by atoms with Gasteiger partial charge in [0.25, 0.3) is 0 Å². The lowest BCUT2D eigenvalue weighted by Gasteiger charge is -2.06. The van der Waals surface area contributed by atoms with Crippen LogP contribution in [0, 0.1) is 0 Å². The van der Waals surface area contributed by atoms with Gasteiger partial charge in [-0.1, -0.05) is 13.8 Å². The molecule has 1 aromatic carbocycles. The van der Waals surface area contributed by atoms with Crippen LogP contribution in [-0.4, -0.2) is 28.6 Å². The molecule has 1 aromatic heterocycles. The van der Waals surface area contributed by atoms with E-state index in [1.54, 1.807) is 14.0 Å². The quantitative estimate of drug-likeness (QED) is 0.933. The number of aromatic nitrogens is 2. The van der Waals surface area contributed by atoms with Crippen LogP contribution >= 0.6 is 0 Å². The van der Waals surface area contributed by atoms with E-state index < -0.39 is 0 Å². The first kappa shape index (κ1) is 16.2. The molecule has 0 aliphatic heterocycles. The topological polar surface area (TPSA) is 47.3 Å². The van der Waals surface area contributed by atoms with Crippen molar-refractivity contribution >= 4 is 0 Å². The van der Waals surface area contributed by atoms with Crippen LogP contribution in [0.4, 0.5) is 0 Å². The Bertz CT molecular complexity index is 504. The van der Waals surface area contributed by atoms with Gasteiger partial charge in [-0.3, -0.25) is 0 Å². The average Bonchev–Trinajstić information content (AvgIpc) is 2.91. The second-order valence-electron chi connectivity index (χ2n) is 4.26. The number of hydrogen-bond donors (Lipinski definition) is 1. The number of nitrogens with zero attached hydrogens (tertiary/aromatic N) is 2. The molecule has 1 N–H and O–H groups in total. The zero-order valence-electron chi connectivity index (χ0n) is 12.8. The van der Waals surface area contributed by atoms with Crippen LogP contribution < -0.4 is 4.74 Å². The summed E-state index contributed by atoms with van der Waals surface area (Å²) in [6.45, 7) is 6.20. The molecule has 110 valence electrons. The van der Waals surface area contributed by atoms with Crippen LogP contribution in [0.3, 0.4) is 0 Å². The van der Waals surface area contributed by atoms with Crippen LogP contribution in [0.15, 0.2) is 30.3 Å². The van der Waals surface area contributed by atoms with Gasteiger partial charge in [-0.15, -0.1) is 0 Å². The minimum atomic E-state index is 0.250. The van der Waals surface area contributed by atoms with Crippen molar-refractivity contribution in [1.82, 2.24) is 9.78 Å². The van der Waals surface area contributed by atoms with Gasteiger partial charge in [-0.25, -0.2) is 4.68 Å². The number of benzene rings is 1. The van der Waals surface area contributed by atoms with Crippen LogP contribution in [0.2, 0.25) is 0 Å². The molecule has 0 aliphatic rings. The first-order valence-corrected chi connectivity index (χ1v) is 7.03. The van der Waals surface area contributed by atoms with E-state index in [0.717, 1.165) is 30.0 Å². The van der Waals surface area contributed by atoms with Gasteiger partial charge in [0, 0.05) is 12.3 Å². The molecule has 0 saturated heterocycles. The van der Waals surface area contributed by atoms with Crippen molar-refractivity contribution in [3.05, 3.63) is 41.7 Å². The van der Waals surface area contributed by atoms with Crippen molar-refractivity contribution in [2.45, 2.75) is 33.6 Å². The van der Waals surface area contributed by atoms with Crippen molar-refractivity contribution in [2.75, 3.05) is 13.7 Å². The van der Waals surface area contributed by atoms with Gasteiger partial charge in [0.2, 0.25) is 0 Å². The number of aryl methyl sites for hydroxylation is 2. The Hall–Kier alpha value is -1.81. The van der Waals surface area contributed by atoms with Gasteiger partial charge in [0.05, 0.1) is 18.5 Å². The van der Waals surface area contributed by atoms with Crippen molar-refractivity contribution < 1.29 is 9.84 Å². The summed E-state index contributed by atoms with van der Waals surface area (Å²) >= 11 is 0. The smallest absolute Gasteiger partial charge is 0.119 e. The van der Waals surface area contributed by atoms with Gasteiger partial charge in [0.15, 0.2) is 0 Å². The Kier molecular flexibility index (Phi) is 6.81. The second kappa shape index (κ2) is 8.38. The molecule has 0 radical (unpaired) electrons. The molecule has 4 nitrogen and oxygen atoms in total. The second-order valence-corrected chi connectivity index (χ2v) is 4.26. The molecule has 20 heavy (non-hydrogen) atoms. The van der Waals surface area contributed by atoms with E-state index in [4.69, 9.17) is 9.84 Å². The summed E-state index contributed by atoms with van der Waals surface area (Å²) in [5.74, 6) is 0.870. The summed E-state index contributed by atoms with van der Waals surface area (Å²) in [6.07, 6.45) is 1.95. The summed E-state index contributed by atoms with van der Waals surface area (Å²) in [5, 5.41) is 12.2. The van der Waals surface area contributed by atoms with E-state index in [-0.39, 0.29) is 6.61 Å². The molecule has 0 atom stereocenters. The largest absolute Gasteiger partial charge is 0.497 e. The van der Waals surface area contributed by atoms with Gasteiger partial charge < -0.3 is 9.84 Å². The highest BCUT2D eigenvalue weighted by molar-refractivity contribution is 5.38. The van der Waals surface area contributed by atoms with Gasteiger partial charge >= 0.3 is 0 Å². The monoisotopic (exact) mass is 276 g/mol. The SMILES string of the molecule is CCO.CCc1cc(CC)n(-c2ccc(OC)cc2)n1. The molecule has 4 heteroatoms. The molecule has 2 aromatic rings. The maximum Gasteiger partial charge on any atom is 0.119 e. The fourth-order valence-corrected chi connectivity index (χ4v) is 1.85. The van der Waals surface area contributed by atoms with Crippen LogP contribution in [0.1, 0.15) is 32.2 Å². The van der Waals surface area contributed by atoms with Crippen molar-refractivity contribution in [2.24, 2.45) is 0 Å². The summed E-state index contributed by atoms with van der Waals surface area (Å²) in [6, 6.07) is 10.2. The molecule has 0 spiro atoms. The summed E-state index contributed by atoms with van der Waals surface area (Å²) in [7, 11) is 1.68. The van der Waals surface area contributed by atoms with Gasteiger partial charge in [-0.05, 0) is 50.1 Å². The number of rotatable bonds is 4. The molecule has 0 fully saturated rings. The molecule has 0 bridgehead atoms. The van der Waals surface area contributed by atoms with E-state index in [1.807, 2.05) is 28.9 Å². The fraction of sp³-hybridized carbons (Fsp3) is 0.438. The third kappa shape index (κ3) is 4.10.